The highest BCUT2D eigenvalue weighted by Gasteiger charge is 2.35. The monoisotopic (exact) mass is 311 g/mol. The number of halogens is 4. The first-order valence-electron chi connectivity index (χ1n) is 6.13. The van der Waals surface area contributed by atoms with Gasteiger partial charge in [0.05, 0.1) is 11.7 Å². The summed E-state index contributed by atoms with van der Waals surface area (Å²) >= 11 is 0. The Labute approximate surface area is 123 Å². The van der Waals surface area contributed by atoms with E-state index in [2.05, 4.69) is 0 Å². The zero-order chi connectivity index (χ0) is 14.8. The molecule has 116 valence electrons. The molecule has 2 nitrogen and oxygen atoms in total. The number of hydrogen-bond acceptors (Lipinski definition) is 2. The zero-order valence-electron chi connectivity index (χ0n) is 11.7. The molecular formula is C14H21ClF3NO. The predicted octanol–water partition coefficient (Wildman–Crippen LogP) is 3.92. The maximum absolute atomic E-state index is 12.8. The summed E-state index contributed by atoms with van der Waals surface area (Å²) in [5.74, 6) is 0. The number of nitrogens with two attached hydrogens (primary N) is 1. The Morgan fingerprint density at radius 3 is 2.10 bits per heavy atom. The van der Waals surface area contributed by atoms with Crippen LogP contribution in [-0.2, 0) is 6.18 Å². The van der Waals surface area contributed by atoms with Crippen LogP contribution in [0.25, 0.3) is 0 Å². The van der Waals surface area contributed by atoms with Crippen molar-refractivity contribution in [3.8, 4) is 0 Å². The molecule has 1 aromatic rings. The van der Waals surface area contributed by atoms with E-state index < -0.39 is 17.8 Å². The quantitative estimate of drug-likeness (QED) is 0.888. The molecule has 3 N–H and O–H groups in total. The van der Waals surface area contributed by atoms with Gasteiger partial charge >= 0.3 is 6.18 Å². The molecule has 0 aromatic heterocycles. The van der Waals surface area contributed by atoms with Crippen LogP contribution >= 0.6 is 12.4 Å². The fourth-order valence-electron chi connectivity index (χ4n) is 1.77. The van der Waals surface area contributed by atoms with Gasteiger partial charge in [-0.2, -0.15) is 13.2 Å². The van der Waals surface area contributed by atoms with Gasteiger partial charge in [0.2, 0.25) is 0 Å². The van der Waals surface area contributed by atoms with Gasteiger partial charge in [0, 0.05) is 6.04 Å². The molecule has 0 aliphatic heterocycles. The molecule has 0 radical (unpaired) electrons. The second kappa shape index (κ2) is 6.78. The number of benzene rings is 1. The SMILES string of the molecule is CC(C)(C)[C@H](N)C[C@@H](O)c1ccccc1C(F)(F)F.Cl. The lowest BCUT2D eigenvalue weighted by atomic mass is 9.82. The smallest absolute Gasteiger partial charge is 0.388 e. The normalized spacial score (nSPS) is 15.4. The van der Waals surface area contributed by atoms with Gasteiger partial charge in [0.1, 0.15) is 0 Å². The Bertz CT molecular complexity index is 429. The predicted molar refractivity (Wildman–Crippen MR) is 75.7 cm³/mol. The van der Waals surface area contributed by atoms with Crippen molar-refractivity contribution in [1.29, 1.82) is 0 Å². The Morgan fingerprint density at radius 2 is 1.65 bits per heavy atom. The minimum absolute atomic E-state index is 0. The number of aliphatic hydroxyl groups excluding tert-OH is 1. The van der Waals surface area contributed by atoms with Crippen molar-refractivity contribution in [2.75, 3.05) is 0 Å². The molecule has 0 saturated heterocycles. The fourth-order valence-corrected chi connectivity index (χ4v) is 1.77. The highest BCUT2D eigenvalue weighted by atomic mass is 35.5. The molecular weight excluding hydrogens is 291 g/mol. The van der Waals surface area contributed by atoms with Crippen molar-refractivity contribution >= 4 is 12.4 Å². The van der Waals surface area contributed by atoms with Crippen LogP contribution in [0, 0.1) is 5.41 Å². The third-order valence-electron chi connectivity index (χ3n) is 3.21. The van der Waals surface area contributed by atoms with Crippen molar-refractivity contribution in [3.05, 3.63) is 35.4 Å². The van der Waals surface area contributed by atoms with Crippen molar-refractivity contribution in [2.24, 2.45) is 11.1 Å². The molecule has 0 amide bonds. The highest BCUT2D eigenvalue weighted by molar-refractivity contribution is 5.85. The van der Waals surface area contributed by atoms with Gasteiger partial charge in [-0.05, 0) is 23.5 Å². The van der Waals surface area contributed by atoms with Crippen molar-refractivity contribution in [2.45, 2.75) is 45.5 Å². The molecule has 0 unspecified atom stereocenters. The first kappa shape index (κ1) is 19.2. The standard InChI is InChI=1S/C14H20F3NO.ClH/c1-13(2,3)12(18)8-11(19)9-6-4-5-7-10(9)14(15,16)17;/h4-7,11-12,19H,8,18H2,1-3H3;1H/t11-,12-;/m1./s1. The number of aliphatic hydroxyl groups is 1. The molecule has 0 saturated carbocycles. The maximum Gasteiger partial charge on any atom is 0.416 e. The number of alkyl halides is 3. The van der Waals surface area contributed by atoms with Gasteiger partial charge in [-0.1, -0.05) is 39.0 Å². The lowest BCUT2D eigenvalue weighted by Gasteiger charge is -2.29. The Balaban J connectivity index is 0.00000361. The Hall–Kier alpha value is -0.780. The van der Waals surface area contributed by atoms with Gasteiger partial charge in [-0.3, -0.25) is 0 Å². The minimum atomic E-state index is -4.47. The van der Waals surface area contributed by atoms with Crippen LogP contribution in [0.3, 0.4) is 0 Å². The van der Waals surface area contributed by atoms with Gasteiger partial charge in [-0.15, -0.1) is 12.4 Å². The fraction of sp³-hybridized carbons (Fsp3) is 0.571. The first-order valence-corrected chi connectivity index (χ1v) is 6.13. The molecule has 1 rings (SSSR count). The van der Waals surface area contributed by atoms with Gasteiger partial charge < -0.3 is 10.8 Å². The van der Waals surface area contributed by atoms with E-state index in [0.29, 0.717) is 0 Å². The average Bonchev–Trinajstić information content (AvgIpc) is 2.26. The third kappa shape index (κ3) is 4.96. The third-order valence-corrected chi connectivity index (χ3v) is 3.21. The lowest BCUT2D eigenvalue weighted by Crippen LogP contribution is -2.36. The molecule has 0 aliphatic carbocycles. The second-order valence-corrected chi connectivity index (χ2v) is 5.81. The minimum Gasteiger partial charge on any atom is -0.388 e. The van der Waals surface area contributed by atoms with E-state index >= 15 is 0 Å². The van der Waals surface area contributed by atoms with Crippen LogP contribution in [0.15, 0.2) is 24.3 Å². The summed E-state index contributed by atoms with van der Waals surface area (Å²) in [6.45, 7) is 5.67. The van der Waals surface area contributed by atoms with Crippen LogP contribution in [0.1, 0.15) is 44.4 Å². The van der Waals surface area contributed by atoms with Gasteiger partial charge in [0.25, 0.3) is 0 Å². The second-order valence-electron chi connectivity index (χ2n) is 5.81. The van der Waals surface area contributed by atoms with E-state index in [4.69, 9.17) is 5.73 Å². The topological polar surface area (TPSA) is 46.2 Å². The van der Waals surface area contributed by atoms with Gasteiger partial charge in [-0.25, -0.2) is 0 Å². The van der Waals surface area contributed by atoms with Gasteiger partial charge in [0.15, 0.2) is 0 Å². The Kier molecular flexibility index (Phi) is 6.52. The largest absolute Gasteiger partial charge is 0.416 e. The molecule has 6 heteroatoms. The van der Waals surface area contributed by atoms with E-state index in [0.717, 1.165) is 6.07 Å². The van der Waals surface area contributed by atoms with Crippen LogP contribution < -0.4 is 5.73 Å². The van der Waals surface area contributed by atoms with E-state index in [1.807, 2.05) is 20.8 Å². The lowest BCUT2D eigenvalue weighted by molar-refractivity contribution is -0.139. The summed E-state index contributed by atoms with van der Waals surface area (Å²) in [6.07, 6.45) is -5.59. The van der Waals surface area contributed by atoms with Crippen LogP contribution in [-0.4, -0.2) is 11.1 Å². The molecule has 20 heavy (non-hydrogen) atoms. The Morgan fingerprint density at radius 1 is 1.15 bits per heavy atom. The van der Waals surface area contributed by atoms with Crippen molar-refractivity contribution in [3.63, 3.8) is 0 Å². The molecule has 2 atom stereocenters. The van der Waals surface area contributed by atoms with Crippen LogP contribution in [0.5, 0.6) is 0 Å². The van der Waals surface area contributed by atoms with E-state index in [9.17, 15) is 18.3 Å². The molecule has 0 aliphatic rings. The van der Waals surface area contributed by atoms with E-state index in [1.54, 1.807) is 0 Å². The van der Waals surface area contributed by atoms with Crippen molar-refractivity contribution < 1.29 is 18.3 Å². The number of hydrogen-bond donors (Lipinski definition) is 2. The molecule has 0 fully saturated rings. The summed E-state index contributed by atoms with van der Waals surface area (Å²) in [5.41, 5.74) is 4.72. The maximum atomic E-state index is 12.8. The molecule has 0 spiro atoms. The van der Waals surface area contributed by atoms with Crippen LogP contribution in [0.2, 0.25) is 0 Å². The van der Waals surface area contributed by atoms with Crippen LogP contribution in [0.4, 0.5) is 13.2 Å². The van der Waals surface area contributed by atoms with E-state index in [-0.39, 0.29) is 35.8 Å². The molecule has 0 bridgehead atoms. The highest BCUT2D eigenvalue weighted by Crippen LogP contribution is 2.36. The zero-order valence-corrected chi connectivity index (χ0v) is 12.6. The first-order chi connectivity index (χ1) is 8.53. The summed E-state index contributed by atoms with van der Waals surface area (Å²) in [4.78, 5) is 0. The van der Waals surface area contributed by atoms with E-state index in [1.165, 1.54) is 18.2 Å². The summed E-state index contributed by atoms with van der Waals surface area (Å²) in [7, 11) is 0. The summed E-state index contributed by atoms with van der Waals surface area (Å²) in [6, 6.07) is 4.67. The summed E-state index contributed by atoms with van der Waals surface area (Å²) < 4.78 is 38.5. The summed E-state index contributed by atoms with van der Waals surface area (Å²) in [5, 5.41) is 10.0. The average molecular weight is 312 g/mol. The molecule has 1 aromatic carbocycles. The van der Waals surface area contributed by atoms with Crippen molar-refractivity contribution in [1.82, 2.24) is 0 Å². The number of rotatable bonds is 3. The molecule has 0 heterocycles.